The summed E-state index contributed by atoms with van der Waals surface area (Å²) in [5.74, 6) is 0.485. The van der Waals surface area contributed by atoms with E-state index in [0.29, 0.717) is 29.6 Å². The maximum atomic E-state index is 12.1. The van der Waals surface area contributed by atoms with Gasteiger partial charge in [-0.1, -0.05) is 18.2 Å². The van der Waals surface area contributed by atoms with Gasteiger partial charge in [0.1, 0.15) is 5.39 Å². The third kappa shape index (κ3) is 2.86. The van der Waals surface area contributed by atoms with Crippen LogP contribution in [0, 0.1) is 0 Å². The molecule has 0 saturated carbocycles. The van der Waals surface area contributed by atoms with E-state index in [-0.39, 0.29) is 5.56 Å². The number of nitrogens with one attached hydrogen (secondary N) is 2. The maximum absolute atomic E-state index is 12.1. The van der Waals surface area contributed by atoms with Gasteiger partial charge in [-0.3, -0.25) is 14.5 Å². The molecule has 25 heavy (non-hydrogen) atoms. The van der Waals surface area contributed by atoms with Crippen LogP contribution in [0.5, 0.6) is 0 Å². The van der Waals surface area contributed by atoms with E-state index in [4.69, 9.17) is 0 Å². The van der Waals surface area contributed by atoms with Gasteiger partial charge in [0.2, 0.25) is 5.95 Å². The van der Waals surface area contributed by atoms with Crippen LogP contribution in [0.1, 0.15) is 18.9 Å². The van der Waals surface area contributed by atoms with E-state index in [1.54, 1.807) is 11.7 Å². The van der Waals surface area contributed by atoms with Gasteiger partial charge in [0.15, 0.2) is 5.65 Å². The fraction of sp³-hybridized carbons (Fsp3) is 0.389. The van der Waals surface area contributed by atoms with Crippen molar-refractivity contribution in [3.05, 3.63) is 46.4 Å². The number of benzene rings is 1. The normalized spacial score (nSPS) is 16.9. The van der Waals surface area contributed by atoms with Crippen molar-refractivity contribution in [1.29, 1.82) is 0 Å². The first kappa shape index (κ1) is 15.7. The van der Waals surface area contributed by atoms with Crippen LogP contribution in [-0.2, 0) is 13.5 Å². The Bertz CT molecular complexity index is 960. The first-order valence-corrected chi connectivity index (χ1v) is 8.64. The minimum absolute atomic E-state index is 0.169. The van der Waals surface area contributed by atoms with Gasteiger partial charge in [0.05, 0.1) is 6.20 Å². The number of hydrogen-bond acceptors (Lipinski definition) is 5. The minimum atomic E-state index is -0.169. The lowest BCUT2D eigenvalue weighted by Crippen LogP contribution is -2.40. The summed E-state index contributed by atoms with van der Waals surface area (Å²) in [5, 5.41) is 7.83. The lowest BCUT2D eigenvalue weighted by atomic mass is 9.97. The predicted molar refractivity (Wildman–Crippen MR) is 99.2 cm³/mol. The summed E-state index contributed by atoms with van der Waals surface area (Å²) in [7, 11) is 1.78. The van der Waals surface area contributed by atoms with Gasteiger partial charge in [-0.2, -0.15) is 10.1 Å². The number of hydrogen-bond donors (Lipinski definition) is 2. The van der Waals surface area contributed by atoms with Crippen LogP contribution in [0.25, 0.3) is 11.0 Å². The number of nitrogens with zero attached hydrogens (tertiary/aromatic N) is 4. The number of aromatic amines is 1. The van der Waals surface area contributed by atoms with Gasteiger partial charge in [-0.15, -0.1) is 0 Å². The molecular formula is C18H22N6O. The molecule has 7 nitrogen and oxygen atoms in total. The number of H-pyrrole nitrogens is 1. The third-order valence-electron chi connectivity index (χ3n) is 4.91. The summed E-state index contributed by atoms with van der Waals surface area (Å²) in [5.41, 5.74) is 3.13. The second-order valence-corrected chi connectivity index (χ2v) is 6.56. The van der Waals surface area contributed by atoms with Gasteiger partial charge < -0.3 is 10.2 Å². The lowest BCUT2D eigenvalue weighted by molar-refractivity contribution is 0.567. The van der Waals surface area contributed by atoms with E-state index >= 15 is 0 Å². The molecule has 0 saturated heterocycles. The first-order valence-electron chi connectivity index (χ1n) is 8.64. The number of fused-ring (bicyclic) bond motifs is 2. The van der Waals surface area contributed by atoms with E-state index in [0.717, 1.165) is 19.4 Å². The highest BCUT2D eigenvalue weighted by molar-refractivity contribution is 5.74. The fourth-order valence-corrected chi connectivity index (χ4v) is 3.51. The molecule has 0 radical (unpaired) electrons. The molecule has 1 unspecified atom stereocenters. The SMILES string of the molecule is CC1CCc2ccccc2N1CCNc1nc2c(cnn2C)c(=O)[nH]1. The second-order valence-electron chi connectivity index (χ2n) is 6.56. The van der Waals surface area contributed by atoms with Crippen molar-refractivity contribution in [2.75, 3.05) is 23.3 Å². The molecule has 130 valence electrons. The monoisotopic (exact) mass is 338 g/mol. The molecule has 2 N–H and O–H groups in total. The molecule has 0 spiro atoms. The van der Waals surface area contributed by atoms with Crippen molar-refractivity contribution in [1.82, 2.24) is 19.7 Å². The molecule has 1 atom stereocenters. The van der Waals surface area contributed by atoms with E-state index < -0.39 is 0 Å². The molecule has 0 aliphatic carbocycles. The first-order chi connectivity index (χ1) is 12.1. The Morgan fingerprint density at radius 2 is 2.20 bits per heavy atom. The van der Waals surface area contributed by atoms with Crippen LogP contribution in [-0.4, -0.2) is 38.9 Å². The average molecular weight is 338 g/mol. The molecule has 0 amide bonds. The fourth-order valence-electron chi connectivity index (χ4n) is 3.51. The van der Waals surface area contributed by atoms with Gasteiger partial charge in [-0.05, 0) is 31.4 Å². The van der Waals surface area contributed by atoms with Gasteiger partial charge >= 0.3 is 0 Å². The molecule has 1 aromatic carbocycles. The summed E-state index contributed by atoms with van der Waals surface area (Å²) >= 11 is 0. The summed E-state index contributed by atoms with van der Waals surface area (Å²) in [6.45, 7) is 3.81. The van der Waals surface area contributed by atoms with E-state index in [1.807, 2.05) is 0 Å². The highest BCUT2D eigenvalue weighted by Crippen LogP contribution is 2.29. The lowest BCUT2D eigenvalue weighted by Gasteiger charge is -2.37. The van der Waals surface area contributed by atoms with Crippen molar-refractivity contribution >= 4 is 22.7 Å². The van der Waals surface area contributed by atoms with Crippen molar-refractivity contribution < 1.29 is 0 Å². The van der Waals surface area contributed by atoms with Gasteiger partial charge in [0.25, 0.3) is 5.56 Å². The molecule has 2 aromatic heterocycles. The minimum Gasteiger partial charge on any atom is -0.367 e. The number of anilines is 2. The molecule has 1 aliphatic heterocycles. The Hall–Kier alpha value is -2.83. The molecule has 3 heterocycles. The summed E-state index contributed by atoms with van der Waals surface area (Å²) in [4.78, 5) is 21.8. The molecule has 1 aliphatic rings. The van der Waals surface area contributed by atoms with Crippen LogP contribution in [0.15, 0.2) is 35.3 Å². The van der Waals surface area contributed by atoms with E-state index in [9.17, 15) is 4.79 Å². The largest absolute Gasteiger partial charge is 0.367 e. The average Bonchev–Trinajstić information content (AvgIpc) is 2.99. The van der Waals surface area contributed by atoms with Crippen molar-refractivity contribution in [2.45, 2.75) is 25.8 Å². The maximum Gasteiger partial charge on any atom is 0.263 e. The summed E-state index contributed by atoms with van der Waals surface area (Å²) in [6, 6.07) is 9.09. The van der Waals surface area contributed by atoms with Gasteiger partial charge in [0, 0.05) is 31.9 Å². The summed E-state index contributed by atoms with van der Waals surface area (Å²) < 4.78 is 1.61. The number of rotatable bonds is 4. The quantitative estimate of drug-likeness (QED) is 0.760. The Balaban J connectivity index is 1.49. The second kappa shape index (κ2) is 6.23. The Morgan fingerprint density at radius 1 is 1.36 bits per heavy atom. The van der Waals surface area contributed by atoms with Crippen LogP contribution < -0.4 is 15.8 Å². The summed E-state index contributed by atoms with van der Waals surface area (Å²) in [6.07, 6.45) is 3.83. The zero-order valence-electron chi connectivity index (χ0n) is 14.5. The van der Waals surface area contributed by atoms with Crippen molar-refractivity contribution in [3.8, 4) is 0 Å². The molecule has 3 aromatic rings. The number of aryl methyl sites for hydroxylation is 2. The topological polar surface area (TPSA) is 78.8 Å². The number of aromatic nitrogens is 4. The van der Waals surface area contributed by atoms with Crippen molar-refractivity contribution in [2.24, 2.45) is 7.05 Å². The van der Waals surface area contributed by atoms with Crippen LogP contribution in [0.2, 0.25) is 0 Å². The standard InChI is InChI=1S/C18H22N6O/c1-12-7-8-13-5-3-4-6-15(13)24(12)10-9-19-18-21-16-14(17(25)22-18)11-20-23(16)2/h3-6,11-12H,7-10H2,1-2H3,(H2,19,21,22,25). The van der Waals surface area contributed by atoms with Gasteiger partial charge in [-0.25, -0.2) is 0 Å². The zero-order valence-corrected chi connectivity index (χ0v) is 14.5. The van der Waals surface area contributed by atoms with Crippen LogP contribution in [0.3, 0.4) is 0 Å². The Kier molecular flexibility index (Phi) is 3.91. The van der Waals surface area contributed by atoms with E-state index in [2.05, 4.69) is 56.5 Å². The van der Waals surface area contributed by atoms with Crippen LogP contribution >= 0.6 is 0 Å². The number of para-hydroxylation sites is 1. The molecule has 0 bridgehead atoms. The highest BCUT2D eigenvalue weighted by atomic mass is 16.1. The Morgan fingerprint density at radius 3 is 3.08 bits per heavy atom. The molecule has 4 rings (SSSR count). The Labute approximate surface area is 145 Å². The smallest absolute Gasteiger partial charge is 0.263 e. The molecule has 0 fully saturated rings. The highest BCUT2D eigenvalue weighted by Gasteiger charge is 2.22. The predicted octanol–water partition coefficient (Wildman–Crippen LogP) is 1.91. The van der Waals surface area contributed by atoms with Crippen LogP contribution in [0.4, 0.5) is 11.6 Å². The molecule has 7 heteroatoms. The van der Waals surface area contributed by atoms with Crippen molar-refractivity contribution in [3.63, 3.8) is 0 Å². The molecular weight excluding hydrogens is 316 g/mol. The van der Waals surface area contributed by atoms with E-state index in [1.165, 1.54) is 17.4 Å². The third-order valence-corrected chi connectivity index (χ3v) is 4.91. The zero-order chi connectivity index (χ0) is 17.4.